The van der Waals surface area contributed by atoms with Crippen molar-refractivity contribution in [1.29, 1.82) is 0 Å². The first kappa shape index (κ1) is 9.00. The van der Waals surface area contributed by atoms with Crippen molar-refractivity contribution in [3.05, 3.63) is 11.9 Å². The van der Waals surface area contributed by atoms with Crippen LogP contribution in [-0.2, 0) is 7.05 Å². The number of hydrogen-bond donors (Lipinski definition) is 0. The molecular formula is C9H14ClN3. The summed E-state index contributed by atoms with van der Waals surface area (Å²) in [4.78, 5) is 0. The van der Waals surface area contributed by atoms with Gasteiger partial charge in [-0.3, -0.25) is 4.68 Å². The van der Waals surface area contributed by atoms with Crippen LogP contribution in [0.25, 0.3) is 0 Å². The van der Waals surface area contributed by atoms with Gasteiger partial charge in [0.15, 0.2) is 0 Å². The van der Waals surface area contributed by atoms with Gasteiger partial charge in [0.1, 0.15) is 0 Å². The van der Waals surface area contributed by atoms with E-state index in [4.69, 9.17) is 11.6 Å². The molecule has 0 aromatic carbocycles. The lowest BCUT2D eigenvalue weighted by Gasteiger charge is -2.24. The molecule has 4 heteroatoms. The van der Waals surface area contributed by atoms with Crippen LogP contribution in [0.1, 0.15) is 37.3 Å². The van der Waals surface area contributed by atoms with Gasteiger partial charge in [-0.15, -0.1) is 16.7 Å². The molecule has 1 aliphatic rings. The van der Waals surface area contributed by atoms with Gasteiger partial charge < -0.3 is 0 Å². The largest absolute Gasteiger partial charge is 0.252 e. The van der Waals surface area contributed by atoms with Crippen molar-refractivity contribution in [2.45, 2.75) is 37.0 Å². The van der Waals surface area contributed by atoms with Gasteiger partial charge in [0, 0.05) is 18.3 Å². The van der Waals surface area contributed by atoms with Crippen LogP contribution in [0.2, 0.25) is 0 Å². The van der Waals surface area contributed by atoms with Gasteiger partial charge >= 0.3 is 0 Å². The van der Waals surface area contributed by atoms with Crippen molar-refractivity contribution in [3.63, 3.8) is 0 Å². The normalized spacial score (nSPS) is 29.1. The number of rotatable bonds is 1. The first-order chi connectivity index (χ1) is 6.27. The lowest BCUT2D eigenvalue weighted by molar-refractivity contribution is 0.429. The lowest BCUT2D eigenvalue weighted by Crippen LogP contribution is -2.16. The van der Waals surface area contributed by atoms with Gasteiger partial charge in [0.05, 0.1) is 11.9 Å². The summed E-state index contributed by atoms with van der Waals surface area (Å²) < 4.78 is 1.86. The second kappa shape index (κ2) is 3.66. The smallest absolute Gasteiger partial charge is 0.0727 e. The van der Waals surface area contributed by atoms with E-state index in [1.807, 2.05) is 17.9 Å². The predicted octanol–water partition coefficient (Wildman–Crippen LogP) is 2.08. The highest BCUT2D eigenvalue weighted by molar-refractivity contribution is 6.20. The first-order valence-corrected chi connectivity index (χ1v) is 5.19. The van der Waals surface area contributed by atoms with Crippen molar-refractivity contribution in [1.82, 2.24) is 15.0 Å². The number of alkyl halides is 1. The monoisotopic (exact) mass is 199 g/mol. The Morgan fingerprint density at radius 2 is 2.38 bits per heavy atom. The molecule has 1 aromatic rings. The van der Waals surface area contributed by atoms with Crippen LogP contribution in [-0.4, -0.2) is 20.4 Å². The van der Waals surface area contributed by atoms with Crippen molar-refractivity contribution in [2.75, 3.05) is 0 Å². The van der Waals surface area contributed by atoms with Gasteiger partial charge in [-0.25, -0.2) is 0 Å². The van der Waals surface area contributed by atoms with Crippen LogP contribution in [0.4, 0.5) is 0 Å². The van der Waals surface area contributed by atoms with Gasteiger partial charge in [-0.2, -0.15) is 0 Å². The molecule has 0 aliphatic heterocycles. The average Bonchev–Trinajstić information content (AvgIpc) is 2.51. The third-order valence-electron chi connectivity index (χ3n) is 2.78. The van der Waals surface area contributed by atoms with Crippen molar-refractivity contribution < 1.29 is 0 Å². The summed E-state index contributed by atoms with van der Waals surface area (Å²) >= 11 is 6.13. The van der Waals surface area contributed by atoms with Crippen LogP contribution in [0, 0.1) is 0 Å². The topological polar surface area (TPSA) is 30.7 Å². The molecular weight excluding hydrogens is 186 g/mol. The van der Waals surface area contributed by atoms with Gasteiger partial charge in [-0.1, -0.05) is 11.6 Å². The summed E-state index contributed by atoms with van der Waals surface area (Å²) in [6.45, 7) is 0. The zero-order valence-corrected chi connectivity index (χ0v) is 8.54. The maximum absolute atomic E-state index is 6.13. The molecule has 1 aromatic heterocycles. The third-order valence-corrected chi connectivity index (χ3v) is 3.17. The number of halogens is 1. The summed E-state index contributed by atoms with van der Waals surface area (Å²) in [6.07, 6.45) is 6.54. The zero-order chi connectivity index (χ0) is 9.26. The van der Waals surface area contributed by atoms with E-state index in [1.165, 1.54) is 18.5 Å². The zero-order valence-electron chi connectivity index (χ0n) is 7.78. The molecule has 0 saturated heterocycles. The van der Waals surface area contributed by atoms with Crippen LogP contribution in [0.5, 0.6) is 0 Å². The highest BCUT2D eigenvalue weighted by Crippen LogP contribution is 2.34. The fraction of sp³-hybridized carbons (Fsp3) is 0.778. The number of hydrogen-bond acceptors (Lipinski definition) is 2. The molecule has 72 valence electrons. The second-order valence-electron chi connectivity index (χ2n) is 3.74. The van der Waals surface area contributed by atoms with Gasteiger partial charge in [0.25, 0.3) is 0 Å². The molecule has 2 unspecified atom stereocenters. The van der Waals surface area contributed by atoms with Crippen molar-refractivity contribution >= 4 is 11.6 Å². The average molecular weight is 200 g/mol. The SMILES string of the molecule is Cn1nncc1C1CCCC(Cl)C1. The standard InChI is InChI=1S/C9H14ClN3/c1-13-9(6-11-12-13)7-3-2-4-8(10)5-7/h6-8H,2-5H2,1H3. The Bertz CT molecular complexity index is 284. The van der Waals surface area contributed by atoms with Crippen molar-refractivity contribution in [3.8, 4) is 0 Å². The summed E-state index contributed by atoms with van der Waals surface area (Å²) in [7, 11) is 1.94. The first-order valence-electron chi connectivity index (χ1n) is 4.76. The maximum Gasteiger partial charge on any atom is 0.0727 e. The fourth-order valence-electron chi connectivity index (χ4n) is 2.07. The Morgan fingerprint density at radius 3 is 3.00 bits per heavy atom. The Labute approximate surface area is 83.1 Å². The van der Waals surface area contributed by atoms with Gasteiger partial charge in [0.2, 0.25) is 0 Å². The van der Waals surface area contributed by atoms with E-state index in [-0.39, 0.29) is 0 Å². The fourth-order valence-corrected chi connectivity index (χ4v) is 2.44. The Kier molecular flexibility index (Phi) is 2.54. The van der Waals surface area contributed by atoms with Crippen LogP contribution in [0.15, 0.2) is 6.20 Å². The lowest BCUT2D eigenvalue weighted by atomic mass is 9.87. The molecule has 1 fully saturated rings. The van der Waals surface area contributed by atoms with Crippen LogP contribution >= 0.6 is 11.6 Å². The van der Waals surface area contributed by atoms with E-state index in [0.29, 0.717) is 11.3 Å². The molecule has 2 rings (SSSR count). The number of aryl methyl sites for hydroxylation is 1. The number of nitrogens with zero attached hydrogens (tertiary/aromatic N) is 3. The molecule has 13 heavy (non-hydrogen) atoms. The summed E-state index contributed by atoms with van der Waals surface area (Å²) in [6, 6.07) is 0. The minimum absolute atomic E-state index is 0.341. The van der Waals surface area contributed by atoms with E-state index in [2.05, 4.69) is 10.3 Å². The summed E-state index contributed by atoms with van der Waals surface area (Å²) in [5.41, 5.74) is 1.23. The summed E-state index contributed by atoms with van der Waals surface area (Å²) in [5.74, 6) is 0.566. The van der Waals surface area contributed by atoms with Crippen LogP contribution < -0.4 is 0 Å². The van der Waals surface area contributed by atoms with E-state index in [9.17, 15) is 0 Å². The maximum atomic E-state index is 6.13. The third kappa shape index (κ3) is 1.85. The summed E-state index contributed by atoms with van der Waals surface area (Å²) in [5, 5.41) is 8.17. The van der Waals surface area contributed by atoms with E-state index in [0.717, 1.165) is 12.8 Å². The molecule has 0 bridgehead atoms. The van der Waals surface area contributed by atoms with E-state index >= 15 is 0 Å². The quantitative estimate of drug-likeness (QED) is 0.649. The van der Waals surface area contributed by atoms with Gasteiger partial charge in [-0.05, 0) is 19.3 Å². The number of aromatic nitrogens is 3. The van der Waals surface area contributed by atoms with Crippen LogP contribution in [0.3, 0.4) is 0 Å². The molecule has 3 nitrogen and oxygen atoms in total. The molecule has 0 spiro atoms. The molecule has 0 N–H and O–H groups in total. The predicted molar refractivity (Wildman–Crippen MR) is 51.9 cm³/mol. The minimum atomic E-state index is 0.341. The molecule has 1 heterocycles. The highest BCUT2D eigenvalue weighted by atomic mass is 35.5. The molecule has 0 amide bonds. The Balaban J connectivity index is 2.12. The van der Waals surface area contributed by atoms with E-state index < -0.39 is 0 Å². The van der Waals surface area contributed by atoms with Crippen molar-refractivity contribution in [2.24, 2.45) is 7.05 Å². The molecule has 1 aliphatic carbocycles. The Morgan fingerprint density at radius 1 is 1.54 bits per heavy atom. The molecule has 0 radical (unpaired) electrons. The Hall–Kier alpha value is -0.570. The molecule has 2 atom stereocenters. The minimum Gasteiger partial charge on any atom is -0.252 e. The second-order valence-corrected chi connectivity index (χ2v) is 4.36. The highest BCUT2D eigenvalue weighted by Gasteiger charge is 2.23. The van der Waals surface area contributed by atoms with E-state index in [1.54, 1.807) is 0 Å². The molecule has 1 saturated carbocycles.